The lowest BCUT2D eigenvalue weighted by atomic mass is 10.1. The first-order chi connectivity index (χ1) is 11.6. The van der Waals surface area contributed by atoms with Crippen molar-refractivity contribution in [2.75, 3.05) is 13.1 Å². The molecule has 0 aliphatic carbocycles. The van der Waals surface area contributed by atoms with Gasteiger partial charge in [0.15, 0.2) is 0 Å². The van der Waals surface area contributed by atoms with Crippen molar-refractivity contribution in [1.82, 2.24) is 20.0 Å². The zero-order valence-corrected chi connectivity index (χ0v) is 13.5. The Hall–Kier alpha value is -2.95. The smallest absolute Gasteiger partial charge is 0.259 e. The summed E-state index contributed by atoms with van der Waals surface area (Å²) in [6.45, 7) is 4.54. The van der Waals surface area contributed by atoms with Gasteiger partial charge in [-0.2, -0.15) is 5.26 Å². The van der Waals surface area contributed by atoms with E-state index in [9.17, 15) is 4.79 Å². The van der Waals surface area contributed by atoms with E-state index in [4.69, 9.17) is 14.5 Å². The van der Waals surface area contributed by atoms with E-state index >= 15 is 0 Å². The molecule has 1 fully saturated rings. The number of piperidine rings is 1. The van der Waals surface area contributed by atoms with E-state index in [2.05, 4.69) is 15.1 Å². The van der Waals surface area contributed by atoms with Crippen molar-refractivity contribution in [1.29, 1.82) is 5.26 Å². The normalized spacial score (nSPS) is 17.4. The molecule has 1 amide bonds. The maximum atomic E-state index is 12.7. The summed E-state index contributed by atoms with van der Waals surface area (Å²) in [6, 6.07) is 1.96. The number of amides is 1. The number of ether oxygens (including phenoxy) is 1. The van der Waals surface area contributed by atoms with Crippen LogP contribution in [-0.2, 0) is 0 Å². The summed E-state index contributed by atoms with van der Waals surface area (Å²) in [5.74, 6) is 0.608. The molecule has 3 rings (SSSR count). The first-order valence-corrected chi connectivity index (χ1v) is 7.70. The summed E-state index contributed by atoms with van der Waals surface area (Å²) < 4.78 is 10.9. The van der Waals surface area contributed by atoms with Crippen LogP contribution in [0.3, 0.4) is 0 Å². The third-order valence-electron chi connectivity index (χ3n) is 3.96. The van der Waals surface area contributed by atoms with Gasteiger partial charge in [-0.15, -0.1) is 0 Å². The van der Waals surface area contributed by atoms with Crippen LogP contribution in [0.5, 0.6) is 5.88 Å². The molecule has 0 N–H and O–H groups in total. The molecule has 0 radical (unpaired) electrons. The molecule has 1 saturated heterocycles. The van der Waals surface area contributed by atoms with Gasteiger partial charge in [-0.1, -0.05) is 5.16 Å². The number of hydrogen-bond acceptors (Lipinski definition) is 7. The minimum Gasteiger partial charge on any atom is -0.470 e. The Morgan fingerprint density at radius 1 is 1.42 bits per heavy atom. The molecule has 1 aliphatic heterocycles. The first-order valence-electron chi connectivity index (χ1n) is 7.70. The largest absolute Gasteiger partial charge is 0.470 e. The predicted octanol–water partition coefficient (Wildman–Crippen LogP) is 1.64. The second-order valence-electron chi connectivity index (χ2n) is 5.65. The maximum absolute atomic E-state index is 12.7. The van der Waals surface area contributed by atoms with Gasteiger partial charge in [0.05, 0.1) is 12.2 Å². The molecule has 0 aromatic carbocycles. The van der Waals surface area contributed by atoms with E-state index < -0.39 is 0 Å². The Kier molecular flexibility index (Phi) is 4.42. The highest BCUT2D eigenvalue weighted by Crippen LogP contribution is 2.22. The van der Waals surface area contributed by atoms with E-state index in [1.165, 1.54) is 12.4 Å². The van der Waals surface area contributed by atoms with E-state index in [1.54, 1.807) is 18.7 Å². The lowest BCUT2D eigenvalue weighted by molar-refractivity contribution is 0.0524. The quantitative estimate of drug-likeness (QED) is 0.843. The van der Waals surface area contributed by atoms with Crippen molar-refractivity contribution < 1.29 is 14.1 Å². The number of nitrogens with zero attached hydrogens (tertiary/aromatic N) is 5. The summed E-state index contributed by atoms with van der Waals surface area (Å²) in [6.07, 6.45) is 4.28. The fraction of sp³-hybridized carbons (Fsp3) is 0.438. The molecule has 24 heavy (non-hydrogen) atoms. The molecule has 2 aromatic rings. The lowest BCUT2D eigenvalue weighted by Gasteiger charge is -2.32. The third-order valence-corrected chi connectivity index (χ3v) is 3.96. The standard InChI is InChI=1S/C16H17N5O3/c1-10-14(11(2)24-20-10)16(22)21-7-3-4-12(9-21)23-15-13(8-17)18-5-6-19-15/h5-6,12H,3-4,7,9H2,1-2H3. The van der Waals surface area contributed by atoms with Crippen molar-refractivity contribution in [3.05, 3.63) is 35.1 Å². The predicted molar refractivity (Wildman–Crippen MR) is 82.3 cm³/mol. The Morgan fingerprint density at radius 2 is 2.21 bits per heavy atom. The highest BCUT2D eigenvalue weighted by Gasteiger charge is 2.29. The van der Waals surface area contributed by atoms with Gasteiger partial charge in [0, 0.05) is 18.9 Å². The molecule has 1 aliphatic rings. The molecule has 3 heterocycles. The minimum atomic E-state index is -0.230. The topological polar surface area (TPSA) is 105 Å². The fourth-order valence-electron chi connectivity index (χ4n) is 2.81. The number of hydrogen-bond donors (Lipinski definition) is 0. The van der Waals surface area contributed by atoms with Crippen molar-refractivity contribution >= 4 is 5.91 Å². The monoisotopic (exact) mass is 327 g/mol. The van der Waals surface area contributed by atoms with Gasteiger partial charge in [-0.05, 0) is 26.7 Å². The molecule has 8 nitrogen and oxygen atoms in total. The van der Waals surface area contributed by atoms with E-state index in [-0.39, 0.29) is 23.6 Å². The summed E-state index contributed by atoms with van der Waals surface area (Å²) >= 11 is 0. The molecular formula is C16H17N5O3. The van der Waals surface area contributed by atoms with Gasteiger partial charge in [-0.25, -0.2) is 9.97 Å². The lowest BCUT2D eigenvalue weighted by Crippen LogP contribution is -2.44. The molecule has 1 atom stereocenters. The Bertz CT molecular complexity index is 776. The van der Waals surface area contributed by atoms with Crippen LogP contribution in [0.15, 0.2) is 16.9 Å². The van der Waals surface area contributed by atoms with Crippen LogP contribution in [0.1, 0.15) is 40.3 Å². The van der Waals surface area contributed by atoms with E-state index in [0.29, 0.717) is 30.1 Å². The van der Waals surface area contributed by atoms with Gasteiger partial charge < -0.3 is 14.2 Å². The molecule has 1 unspecified atom stereocenters. The number of aryl methyl sites for hydroxylation is 2. The van der Waals surface area contributed by atoms with Gasteiger partial charge in [-0.3, -0.25) is 4.79 Å². The zero-order valence-electron chi connectivity index (χ0n) is 13.5. The molecule has 124 valence electrons. The highest BCUT2D eigenvalue weighted by atomic mass is 16.5. The van der Waals surface area contributed by atoms with Crippen LogP contribution in [0.2, 0.25) is 0 Å². The number of carbonyl (C=O) groups excluding carboxylic acids is 1. The molecule has 0 spiro atoms. The summed E-state index contributed by atoms with van der Waals surface area (Å²) in [7, 11) is 0. The highest BCUT2D eigenvalue weighted by molar-refractivity contribution is 5.96. The number of carbonyl (C=O) groups is 1. The van der Waals surface area contributed by atoms with Crippen molar-refractivity contribution in [2.45, 2.75) is 32.8 Å². The van der Waals surface area contributed by atoms with Crippen LogP contribution in [-0.4, -0.2) is 45.1 Å². The average Bonchev–Trinajstić information content (AvgIpc) is 2.93. The summed E-state index contributed by atoms with van der Waals surface area (Å²) in [5.41, 5.74) is 1.24. The summed E-state index contributed by atoms with van der Waals surface area (Å²) in [5, 5.41) is 12.9. The number of nitriles is 1. The van der Waals surface area contributed by atoms with Gasteiger partial charge >= 0.3 is 0 Å². The van der Waals surface area contributed by atoms with Gasteiger partial charge in [0.25, 0.3) is 11.8 Å². The van der Waals surface area contributed by atoms with Crippen LogP contribution in [0, 0.1) is 25.2 Å². The van der Waals surface area contributed by atoms with E-state index in [0.717, 1.165) is 12.8 Å². The Balaban J connectivity index is 1.73. The number of aromatic nitrogens is 3. The van der Waals surface area contributed by atoms with Crippen molar-refractivity contribution in [2.24, 2.45) is 0 Å². The van der Waals surface area contributed by atoms with Crippen LogP contribution in [0.25, 0.3) is 0 Å². The fourth-order valence-corrected chi connectivity index (χ4v) is 2.81. The van der Waals surface area contributed by atoms with Crippen LogP contribution in [0.4, 0.5) is 0 Å². The molecule has 8 heteroatoms. The van der Waals surface area contributed by atoms with E-state index in [1.807, 2.05) is 6.07 Å². The molecule has 2 aromatic heterocycles. The number of likely N-dealkylation sites (tertiary alicyclic amines) is 1. The van der Waals surface area contributed by atoms with Gasteiger partial charge in [0.2, 0.25) is 5.69 Å². The zero-order chi connectivity index (χ0) is 17.1. The third kappa shape index (κ3) is 3.06. The van der Waals surface area contributed by atoms with Gasteiger partial charge in [0.1, 0.15) is 23.5 Å². The second kappa shape index (κ2) is 6.66. The molecule has 0 bridgehead atoms. The van der Waals surface area contributed by atoms with Crippen LogP contribution < -0.4 is 4.74 Å². The SMILES string of the molecule is Cc1noc(C)c1C(=O)N1CCCC(Oc2nccnc2C#N)C1. The van der Waals surface area contributed by atoms with Crippen molar-refractivity contribution in [3.8, 4) is 11.9 Å². The molecule has 0 saturated carbocycles. The average molecular weight is 327 g/mol. The minimum absolute atomic E-state index is 0.112. The second-order valence-corrected chi connectivity index (χ2v) is 5.65. The first kappa shape index (κ1) is 15.9. The molecular weight excluding hydrogens is 310 g/mol. The Labute approximate surface area is 139 Å². The Morgan fingerprint density at radius 3 is 2.92 bits per heavy atom. The summed E-state index contributed by atoms with van der Waals surface area (Å²) in [4.78, 5) is 22.4. The maximum Gasteiger partial charge on any atom is 0.259 e. The van der Waals surface area contributed by atoms with Crippen molar-refractivity contribution in [3.63, 3.8) is 0 Å². The van der Waals surface area contributed by atoms with Crippen LogP contribution >= 0.6 is 0 Å². The number of rotatable bonds is 3.